The predicted molar refractivity (Wildman–Crippen MR) is 80.9 cm³/mol. The van der Waals surface area contributed by atoms with Crippen LogP contribution in [0.5, 0.6) is 0 Å². The molecule has 2 fully saturated rings. The Morgan fingerprint density at radius 1 is 1.39 bits per heavy atom. The highest BCUT2D eigenvalue weighted by Gasteiger charge is 2.47. The molecule has 1 aromatic carbocycles. The zero-order valence-corrected chi connectivity index (χ0v) is 13.1. The largest absolute Gasteiger partial charge is 0.416 e. The Bertz CT molecular complexity index is 587. The fraction of sp³-hybridized carbons (Fsp3) is 0.588. The Balaban J connectivity index is 1.62. The van der Waals surface area contributed by atoms with Crippen LogP contribution in [-0.2, 0) is 11.0 Å². The molecule has 1 aliphatic heterocycles. The number of rotatable bonds is 4. The summed E-state index contributed by atoms with van der Waals surface area (Å²) in [5.74, 6) is 0.376. The molecule has 3 nitrogen and oxygen atoms in total. The Labute approximate surface area is 133 Å². The molecule has 0 radical (unpaired) electrons. The van der Waals surface area contributed by atoms with E-state index < -0.39 is 11.7 Å². The van der Waals surface area contributed by atoms with Crippen molar-refractivity contribution in [2.45, 2.75) is 24.9 Å². The lowest BCUT2D eigenvalue weighted by molar-refractivity contribution is -0.137. The molecule has 0 unspecified atom stereocenters. The minimum atomic E-state index is -4.33. The second kappa shape index (κ2) is 6.15. The lowest BCUT2D eigenvalue weighted by atomic mass is 10.1. The number of hydrogen-bond donors (Lipinski definition) is 1. The Morgan fingerprint density at radius 2 is 2.17 bits per heavy atom. The van der Waals surface area contributed by atoms with Gasteiger partial charge in [-0.15, -0.1) is 0 Å². The minimum absolute atomic E-state index is 0.0619. The van der Waals surface area contributed by atoms with E-state index in [1.54, 1.807) is 6.07 Å². The quantitative estimate of drug-likeness (QED) is 0.923. The summed E-state index contributed by atoms with van der Waals surface area (Å²) in [6, 6.07) is 5.38. The number of carbonyl (C=O) groups is 1. The number of hydrogen-bond acceptors (Lipinski definition) is 2. The molecule has 0 aromatic heterocycles. The van der Waals surface area contributed by atoms with E-state index in [1.807, 2.05) is 11.9 Å². The van der Waals surface area contributed by atoms with Crippen LogP contribution in [0.25, 0.3) is 0 Å². The summed E-state index contributed by atoms with van der Waals surface area (Å²) in [4.78, 5) is 14.4. The first-order valence-electron chi connectivity index (χ1n) is 8.00. The van der Waals surface area contributed by atoms with Crippen LogP contribution in [0, 0.1) is 11.8 Å². The summed E-state index contributed by atoms with van der Waals surface area (Å²) < 4.78 is 38.4. The number of nitrogens with one attached hydrogen (secondary N) is 1. The average molecular weight is 326 g/mol. The van der Waals surface area contributed by atoms with Crippen molar-refractivity contribution in [3.63, 3.8) is 0 Å². The highest BCUT2D eigenvalue weighted by Crippen LogP contribution is 2.49. The highest BCUT2D eigenvalue weighted by atomic mass is 19.4. The number of likely N-dealkylation sites (tertiary alicyclic amines) is 1. The Kier molecular flexibility index (Phi) is 4.36. The molecule has 6 heteroatoms. The Hall–Kier alpha value is -1.56. The van der Waals surface area contributed by atoms with Gasteiger partial charge in [0.2, 0.25) is 5.91 Å². The third kappa shape index (κ3) is 3.52. The van der Waals surface area contributed by atoms with Crippen LogP contribution in [0.15, 0.2) is 24.3 Å². The van der Waals surface area contributed by atoms with Crippen molar-refractivity contribution in [3.8, 4) is 0 Å². The molecule has 1 aliphatic carbocycles. The van der Waals surface area contributed by atoms with E-state index in [1.165, 1.54) is 12.1 Å². The van der Waals surface area contributed by atoms with Gasteiger partial charge < -0.3 is 10.2 Å². The zero-order valence-electron chi connectivity index (χ0n) is 13.1. The van der Waals surface area contributed by atoms with E-state index in [2.05, 4.69) is 5.32 Å². The number of carbonyl (C=O) groups excluding carboxylic acids is 1. The summed E-state index contributed by atoms with van der Waals surface area (Å²) in [5, 5.41) is 3.12. The molecule has 1 saturated heterocycles. The van der Waals surface area contributed by atoms with Gasteiger partial charge >= 0.3 is 6.18 Å². The van der Waals surface area contributed by atoms with Crippen LogP contribution in [0.2, 0.25) is 0 Å². The third-order valence-corrected chi connectivity index (χ3v) is 4.84. The lowest BCUT2D eigenvalue weighted by Crippen LogP contribution is -2.31. The number of halogens is 3. The lowest BCUT2D eigenvalue weighted by Gasteiger charge is -2.17. The SMILES string of the molecule is CNC[C@@H]1CCN(C(=O)[C@@H]2C[C@@H]2c2cccc(C(F)(F)F)c2)C1. The summed E-state index contributed by atoms with van der Waals surface area (Å²) >= 11 is 0. The maximum Gasteiger partial charge on any atom is 0.416 e. The molecule has 126 valence electrons. The van der Waals surface area contributed by atoms with Crippen LogP contribution in [-0.4, -0.2) is 37.5 Å². The number of amides is 1. The van der Waals surface area contributed by atoms with Gasteiger partial charge in [-0.1, -0.05) is 18.2 Å². The first-order chi connectivity index (χ1) is 10.9. The van der Waals surface area contributed by atoms with Crippen molar-refractivity contribution in [3.05, 3.63) is 35.4 Å². The molecule has 1 amide bonds. The molecule has 3 rings (SSSR count). The molecule has 0 spiro atoms. The summed E-state index contributed by atoms with van der Waals surface area (Å²) in [6.07, 6.45) is -2.68. The molecular weight excluding hydrogens is 305 g/mol. The average Bonchev–Trinajstić information content (AvgIpc) is 3.18. The van der Waals surface area contributed by atoms with E-state index in [4.69, 9.17) is 0 Å². The maximum atomic E-state index is 12.8. The van der Waals surface area contributed by atoms with Gasteiger partial charge in [0.1, 0.15) is 0 Å². The van der Waals surface area contributed by atoms with Gasteiger partial charge in [0.25, 0.3) is 0 Å². The highest BCUT2D eigenvalue weighted by molar-refractivity contribution is 5.83. The van der Waals surface area contributed by atoms with Crippen LogP contribution in [0.4, 0.5) is 13.2 Å². The first kappa shape index (κ1) is 16.3. The normalized spacial score (nSPS) is 27.3. The van der Waals surface area contributed by atoms with Gasteiger partial charge in [-0.25, -0.2) is 0 Å². The van der Waals surface area contributed by atoms with E-state index in [0.717, 1.165) is 32.1 Å². The summed E-state index contributed by atoms with van der Waals surface area (Å²) in [5.41, 5.74) is -0.00694. The predicted octanol–water partition coefficient (Wildman–Crippen LogP) is 2.88. The van der Waals surface area contributed by atoms with E-state index in [-0.39, 0.29) is 17.7 Å². The zero-order chi connectivity index (χ0) is 16.6. The van der Waals surface area contributed by atoms with Crippen LogP contribution < -0.4 is 5.32 Å². The fourth-order valence-electron chi connectivity index (χ4n) is 3.50. The molecule has 3 atom stereocenters. The van der Waals surface area contributed by atoms with Crippen molar-refractivity contribution in [1.29, 1.82) is 0 Å². The molecule has 1 heterocycles. The van der Waals surface area contributed by atoms with Crippen molar-refractivity contribution < 1.29 is 18.0 Å². The third-order valence-electron chi connectivity index (χ3n) is 4.84. The van der Waals surface area contributed by atoms with Crippen molar-refractivity contribution in [2.75, 3.05) is 26.7 Å². The fourth-order valence-corrected chi connectivity index (χ4v) is 3.50. The minimum Gasteiger partial charge on any atom is -0.342 e. The number of alkyl halides is 3. The van der Waals surface area contributed by atoms with Crippen molar-refractivity contribution >= 4 is 5.91 Å². The maximum absolute atomic E-state index is 12.8. The van der Waals surface area contributed by atoms with Crippen molar-refractivity contribution in [1.82, 2.24) is 10.2 Å². The van der Waals surface area contributed by atoms with E-state index in [9.17, 15) is 18.0 Å². The summed E-state index contributed by atoms with van der Waals surface area (Å²) in [6.45, 7) is 2.41. The first-order valence-corrected chi connectivity index (χ1v) is 8.00. The van der Waals surface area contributed by atoms with Gasteiger partial charge in [0, 0.05) is 19.0 Å². The topological polar surface area (TPSA) is 32.3 Å². The second-order valence-electron chi connectivity index (χ2n) is 6.57. The van der Waals surface area contributed by atoms with Crippen LogP contribution in [0.3, 0.4) is 0 Å². The second-order valence-corrected chi connectivity index (χ2v) is 6.57. The smallest absolute Gasteiger partial charge is 0.342 e. The van der Waals surface area contributed by atoms with Gasteiger partial charge in [0.05, 0.1) is 5.56 Å². The number of nitrogens with zero attached hydrogens (tertiary/aromatic N) is 1. The van der Waals surface area contributed by atoms with Crippen molar-refractivity contribution in [2.24, 2.45) is 11.8 Å². The Morgan fingerprint density at radius 3 is 2.87 bits per heavy atom. The van der Waals surface area contributed by atoms with Crippen LogP contribution >= 0.6 is 0 Å². The summed E-state index contributed by atoms with van der Waals surface area (Å²) in [7, 11) is 1.90. The van der Waals surface area contributed by atoms with E-state index >= 15 is 0 Å². The van der Waals surface area contributed by atoms with Gasteiger partial charge in [-0.3, -0.25) is 4.79 Å². The van der Waals surface area contributed by atoms with Crippen LogP contribution in [0.1, 0.15) is 29.9 Å². The van der Waals surface area contributed by atoms with Gasteiger partial charge in [-0.2, -0.15) is 13.2 Å². The molecule has 2 aliphatic rings. The standard InChI is InChI=1S/C17H21F3N2O/c1-21-9-11-5-6-22(10-11)16(23)15-8-14(15)12-3-2-4-13(7-12)17(18,19)20/h2-4,7,11,14-15,21H,5-6,8-10H2,1H3/t11-,14+,15+/m0/s1. The molecule has 1 N–H and O–H groups in total. The van der Waals surface area contributed by atoms with E-state index in [0.29, 0.717) is 17.9 Å². The molecule has 23 heavy (non-hydrogen) atoms. The molecule has 1 saturated carbocycles. The number of benzene rings is 1. The van der Waals surface area contributed by atoms with Gasteiger partial charge in [-0.05, 0) is 49.9 Å². The van der Waals surface area contributed by atoms with Gasteiger partial charge in [0.15, 0.2) is 0 Å². The molecular formula is C17H21F3N2O. The molecule has 1 aromatic rings. The monoisotopic (exact) mass is 326 g/mol. The molecule has 0 bridgehead atoms.